The molecule has 0 aromatic carbocycles. The van der Waals surface area contributed by atoms with Gasteiger partial charge in [-0.2, -0.15) is 5.10 Å². The molecule has 0 radical (unpaired) electrons. The van der Waals surface area contributed by atoms with Crippen LogP contribution in [0.1, 0.15) is 77.5 Å². The van der Waals surface area contributed by atoms with Gasteiger partial charge in [0.1, 0.15) is 0 Å². The molecule has 1 aromatic heterocycles. The number of methoxy groups -OCH3 is 1. The second-order valence-electron chi connectivity index (χ2n) is 5.58. The van der Waals surface area contributed by atoms with Gasteiger partial charge in [0.05, 0.1) is 25.0 Å². The van der Waals surface area contributed by atoms with Crippen molar-refractivity contribution in [3.63, 3.8) is 0 Å². The second-order valence-corrected chi connectivity index (χ2v) is 5.58. The number of nitrogens with zero attached hydrogens (tertiary/aromatic N) is 2. The molecule has 1 rings (SSSR count). The summed E-state index contributed by atoms with van der Waals surface area (Å²) < 4.78 is 7.55. The molecule has 0 aliphatic heterocycles. The van der Waals surface area contributed by atoms with Crippen molar-refractivity contribution in [1.29, 1.82) is 0 Å². The van der Waals surface area contributed by atoms with Crippen molar-refractivity contribution in [2.24, 2.45) is 0 Å². The number of aryl methyl sites for hydroxylation is 1. The van der Waals surface area contributed by atoms with E-state index < -0.39 is 0 Å². The number of aromatic nitrogens is 2. The molecule has 1 atom stereocenters. The molecule has 4 heteroatoms. The molecule has 1 unspecified atom stereocenters. The summed E-state index contributed by atoms with van der Waals surface area (Å²) in [5.74, 6) is 0.911. The minimum Gasteiger partial charge on any atom is -0.493 e. The van der Waals surface area contributed by atoms with E-state index in [9.17, 15) is 0 Å². The predicted octanol–water partition coefficient (Wildman–Crippen LogP) is 4.31. The molecule has 0 bridgehead atoms. The zero-order valence-corrected chi connectivity index (χ0v) is 14.3. The largest absolute Gasteiger partial charge is 0.493 e. The van der Waals surface area contributed by atoms with Gasteiger partial charge in [0, 0.05) is 6.54 Å². The Morgan fingerprint density at radius 1 is 1.14 bits per heavy atom. The van der Waals surface area contributed by atoms with E-state index in [0.717, 1.165) is 25.3 Å². The van der Waals surface area contributed by atoms with E-state index in [-0.39, 0.29) is 0 Å². The first-order chi connectivity index (χ1) is 10.3. The number of ether oxygens (including phenoxy) is 1. The Morgan fingerprint density at radius 3 is 2.48 bits per heavy atom. The summed E-state index contributed by atoms with van der Waals surface area (Å²) in [6, 6.07) is 0.346. The zero-order valence-electron chi connectivity index (χ0n) is 14.3. The Bertz CT molecular complexity index is 355. The second kappa shape index (κ2) is 10.7. The quantitative estimate of drug-likeness (QED) is 0.584. The van der Waals surface area contributed by atoms with Gasteiger partial charge in [-0.25, -0.2) is 0 Å². The molecule has 0 saturated carbocycles. The maximum atomic E-state index is 5.49. The van der Waals surface area contributed by atoms with Gasteiger partial charge < -0.3 is 10.1 Å². The van der Waals surface area contributed by atoms with E-state index in [4.69, 9.17) is 4.74 Å². The maximum Gasteiger partial charge on any atom is 0.161 e. The van der Waals surface area contributed by atoms with Crippen molar-refractivity contribution in [2.45, 2.75) is 78.3 Å². The molecular weight excluding hydrogens is 262 g/mol. The first kappa shape index (κ1) is 18.0. The third kappa shape index (κ3) is 5.70. The summed E-state index contributed by atoms with van der Waals surface area (Å²) in [7, 11) is 1.73. The Hall–Kier alpha value is -1.03. The Morgan fingerprint density at radius 2 is 1.86 bits per heavy atom. The third-order valence-corrected chi connectivity index (χ3v) is 3.99. The van der Waals surface area contributed by atoms with E-state index in [1.54, 1.807) is 7.11 Å². The van der Waals surface area contributed by atoms with Gasteiger partial charge in [0.2, 0.25) is 0 Å². The highest BCUT2D eigenvalue weighted by atomic mass is 16.5. The highest BCUT2D eigenvalue weighted by Crippen LogP contribution is 2.28. The van der Waals surface area contributed by atoms with Gasteiger partial charge in [-0.05, 0) is 19.9 Å². The van der Waals surface area contributed by atoms with Crippen LogP contribution in [0.25, 0.3) is 0 Å². The number of hydrogen-bond acceptors (Lipinski definition) is 3. The fraction of sp³-hybridized carbons (Fsp3) is 0.824. The van der Waals surface area contributed by atoms with Crippen molar-refractivity contribution in [2.75, 3.05) is 13.7 Å². The lowest BCUT2D eigenvalue weighted by molar-refractivity contribution is 0.382. The average Bonchev–Trinajstić information content (AvgIpc) is 2.92. The van der Waals surface area contributed by atoms with E-state index in [1.807, 2.05) is 6.20 Å². The minimum absolute atomic E-state index is 0.346. The highest BCUT2D eigenvalue weighted by molar-refractivity contribution is 5.28. The molecule has 0 aliphatic carbocycles. The lowest BCUT2D eigenvalue weighted by Gasteiger charge is -2.20. The van der Waals surface area contributed by atoms with Crippen molar-refractivity contribution in [3.8, 4) is 5.75 Å². The number of hydrogen-bond donors (Lipinski definition) is 1. The van der Waals surface area contributed by atoms with E-state index in [1.165, 1.54) is 44.2 Å². The van der Waals surface area contributed by atoms with Crippen LogP contribution in [0.4, 0.5) is 0 Å². The molecule has 0 fully saturated rings. The Labute approximate surface area is 130 Å². The van der Waals surface area contributed by atoms with Gasteiger partial charge in [0.25, 0.3) is 0 Å². The van der Waals surface area contributed by atoms with E-state index in [2.05, 4.69) is 35.9 Å². The van der Waals surface area contributed by atoms with Crippen LogP contribution in [0, 0.1) is 0 Å². The number of rotatable bonds is 12. The third-order valence-electron chi connectivity index (χ3n) is 3.99. The first-order valence-corrected chi connectivity index (χ1v) is 8.61. The molecule has 1 aromatic rings. The van der Waals surface area contributed by atoms with Crippen molar-refractivity contribution in [3.05, 3.63) is 11.9 Å². The predicted molar refractivity (Wildman–Crippen MR) is 88.9 cm³/mol. The molecule has 0 saturated heterocycles. The zero-order chi connectivity index (χ0) is 15.5. The smallest absolute Gasteiger partial charge is 0.161 e. The molecule has 21 heavy (non-hydrogen) atoms. The molecule has 1 heterocycles. The lowest BCUT2D eigenvalue weighted by atomic mass is 10.0. The molecule has 0 spiro atoms. The van der Waals surface area contributed by atoms with Crippen molar-refractivity contribution < 1.29 is 4.74 Å². The SMILES string of the molecule is CCCCCCCCC(NCC)c1c(OC)cnn1CC. The normalized spacial score (nSPS) is 12.6. The molecule has 4 nitrogen and oxygen atoms in total. The van der Waals surface area contributed by atoms with Crippen LogP contribution in [0.2, 0.25) is 0 Å². The summed E-state index contributed by atoms with van der Waals surface area (Å²) in [4.78, 5) is 0. The van der Waals surface area contributed by atoms with Gasteiger partial charge in [-0.1, -0.05) is 52.4 Å². The van der Waals surface area contributed by atoms with Crippen LogP contribution < -0.4 is 10.1 Å². The van der Waals surface area contributed by atoms with Gasteiger partial charge in [-0.3, -0.25) is 4.68 Å². The molecule has 1 N–H and O–H groups in total. The number of unbranched alkanes of at least 4 members (excludes halogenated alkanes) is 5. The van der Waals surface area contributed by atoms with Crippen molar-refractivity contribution in [1.82, 2.24) is 15.1 Å². The van der Waals surface area contributed by atoms with Crippen LogP contribution >= 0.6 is 0 Å². The van der Waals surface area contributed by atoms with Gasteiger partial charge in [0.15, 0.2) is 5.75 Å². The Balaban J connectivity index is 2.58. The van der Waals surface area contributed by atoms with Crippen LogP contribution in [-0.4, -0.2) is 23.4 Å². The van der Waals surface area contributed by atoms with Crippen LogP contribution in [-0.2, 0) is 6.54 Å². The maximum absolute atomic E-state index is 5.49. The standard InChI is InChI=1S/C17H33N3O/c1-5-8-9-10-11-12-13-15(18-6-2)17-16(21-4)14-19-20(17)7-3/h14-15,18H,5-13H2,1-4H3. The van der Waals surface area contributed by atoms with E-state index in [0.29, 0.717) is 6.04 Å². The van der Waals surface area contributed by atoms with Gasteiger partial charge in [-0.15, -0.1) is 0 Å². The fourth-order valence-corrected chi connectivity index (χ4v) is 2.85. The van der Waals surface area contributed by atoms with Gasteiger partial charge >= 0.3 is 0 Å². The fourth-order valence-electron chi connectivity index (χ4n) is 2.85. The van der Waals surface area contributed by atoms with Crippen LogP contribution in [0.5, 0.6) is 5.75 Å². The molecule has 122 valence electrons. The Kier molecular flexibility index (Phi) is 9.15. The molecule has 0 amide bonds. The summed E-state index contributed by atoms with van der Waals surface area (Å²) in [5.41, 5.74) is 1.20. The topological polar surface area (TPSA) is 39.1 Å². The van der Waals surface area contributed by atoms with E-state index >= 15 is 0 Å². The average molecular weight is 295 g/mol. The molecular formula is C17H33N3O. The van der Waals surface area contributed by atoms with Crippen LogP contribution in [0.3, 0.4) is 0 Å². The minimum atomic E-state index is 0.346. The highest BCUT2D eigenvalue weighted by Gasteiger charge is 2.20. The first-order valence-electron chi connectivity index (χ1n) is 8.61. The summed E-state index contributed by atoms with van der Waals surface area (Å²) in [6.45, 7) is 8.41. The summed E-state index contributed by atoms with van der Waals surface area (Å²) in [6.07, 6.45) is 11.0. The lowest BCUT2D eigenvalue weighted by Crippen LogP contribution is -2.24. The molecule has 0 aliphatic rings. The monoisotopic (exact) mass is 295 g/mol. The summed E-state index contributed by atoms with van der Waals surface area (Å²) >= 11 is 0. The number of nitrogens with one attached hydrogen (secondary N) is 1. The summed E-state index contributed by atoms with van der Waals surface area (Å²) in [5, 5.41) is 8.02. The van der Waals surface area contributed by atoms with Crippen molar-refractivity contribution >= 4 is 0 Å². The van der Waals surface area contributed by atoms with Crippen LogP contribution in [0.15, 0.2) is 6.20 Å².